The van der Waals surface area contributed by atoms with Gasteiger partial charge >= 0.3 is 6.03 Å². The molecule has 0 aliphatic carbocycles. The molecule has 0 bridgehead atoms. The number of rotatable bonds is 10. The molecule has 10 heteroatoms. The number of anilines is 1. The molecule has 178 valence electrons. The van der Waals surface area contributed by atoms with Crippen molar-refractivity contribution in [3.63, 3.8) is 0 Å². The molecule has 1 aromatic heterocycles. The van der Waals surface area contributed by atoms with Crippen molar-refractivity contribution in [3.05, 3.63) is 47.8 Å². The number of urea groups is 1. The lowest BCUT2D eigenvalue weighted by Gasteiger charge is -2.22. The van der Waals surface area contributed by atoms with Gasteiger partial charge in [0.15, 0.2) is 11.5 Å². The molecule has 3 aromatic rings. The zero-order valence-electron chi connectivity index (χ0n) is 20.3. The normalized spacial score (nSPS) is 10.7. The highest BCUT2D eigenvalue weighted by Crippen LogP contribution is 2.34. The van der Waals surface area contributed by atoms with Crippen LogP contribution in [0.4, 0.5) is 10.6 Å². The Morgan fingerprint density at radius 1 is 1.12 bits per heavy atom. The summed E-state index contributed by atoms with van der Waals surface area (Å²) in [4.78, 5) is 27.7. The summed E-state index contributed by atoms with van der Waals surface area (Å²) >= 11 is 0. The molecular weight excluding hydrogens is 433 g/mol. The van der Waals surface area contributed by atoms with Gasteiger partial charge in [-0.2, -0.15) is 0 Å². The summed E-state index contributed by atoms with van der Waals surface area (Å²) in [5.41, 5.74) is 2.51. The molecule has 0 fully saturated rings. The van der Waals surface area contributed by atoms with Crippen molar-refractivity contribution >= 4 is 36.1 Å². The molecule has 0 aliphatic heterocycles. The lowest BCUT2D eigenvalue weighted by molar-refractivity contribution is -0.0744. The predicted octanol–water partition coefficient (Wildman–Crippen LogP) is 2.67. The van der Waals surface area contributed by atoms with Gasteiger partial charge in [0.05, 0.1) is 26.3 Å². The highest BCUT2D eigenvalue weighted by atomic mass is 16.7. The maximum absolute atomic E-state index is 12.0. The second-order valence-electron chi connectivity index (χ2n) is 7.82. The minimum Gasteiger partial charge on any atom is -0.493 e. The number of hydrogen-bond acceptors (Lipinski definition) is 7. The number of ether oxygens (including phenoxy) is 2. The number of nitrogens with one attached hydrogen (secondary N) is 1. The molecule has 0 spiro atoms. The van der Waals surface area contributed by atoms with Crippen molar-refractivity contribution < 1.29 is 19.1 Å². The van der Waals surface area contributed by atoms with E-state index in [2.05, 4.69) is 15.3 Å². The Kier molecular flexibility index (Phi) is 8.53. The van der Waals surface area contributed by atoms with Gasteiger partial charge in [0.1, 0.15) is 19.5 Å². The van der Waals surface area contributed by atoms with Crippen LogP contribution < -0.4 is 20.3 Å². The lowest BCUT2D eigenvalue weighted by Crippen LogP contribution is -2.38. The molecule has 0 atom stereocenters. The second kappa shape index (κ2) is 11.6. The number of benzene rings is 2. The number of methoxy groups -OCH3 is 1. The van der Waals surface area contributed by atoms with Gasteiger partial charge in [0, 0.05) is 38.6 Å². The van der Waals surface area contributed by atoms with Crippen LogP contribution in [0.1, 0.15) is 17.8 Å². The molecule has 3 rings (SSSR count). The van der Waals surface area contributed by atoms with E-state index in [1.54, 1.807) is 26.1 Å². The Hall–Kier alpha value is -3.53. The molecule has 2 aromatic carbocycles. The molecule has 0 aliphatic rings. The molecule has 0 saturated heterocycles. The van der Waals surface area contributed by atoms with Crippen molar-refractivity contribution in [2.24, 2.45) is 0 Å². The monoisotopic (exact) mass is 463 g/mol. The van der Waals surface area contributed by atoms with Crippen molar-refractivity contribution in [2.75, 3.05) is 46.8 Å². The first-order valence-electron chi connectivity index (χ1n) is 10.9. The summed E-state index contributed by atoms with van der Waals surface area (Å²) in [6.07, 6.45) is 0.636. The number of carbonyl (C=O) groups excluding carboxylic acids is 1. The van der Waals surface area contributed by atoms with E-state index >= 15 is 0 Å². The number of aryl methyl sites for hydroxylation is 1. The fraction of sp³-hybridized carbons (Fsp3) is 0.375. The number of aromatic nitrogens is 2. The standard InChI is InChI=1S/C24H30BN5O4/c1-16-27-20-14-22(34-11-7-10-29(2)24(31)30(3)33-5)21(32-4)13-19(20)23(28-16)26-15-17-8-6-9-18(25)12-17/h6,8-9,12-14H,7,10-11,15H2,1-5H3,(H,26,27,28). The van der Waals surface area contributed by atoms with Gasteiger partial charge in [0.2, 0.25) is 0 Å². The first-order valence-corrected chi connectivity index (χ1v) is 10.9. The summed E-state index contributed by atoms with van der Waals surface area (Å²) in [5.74, 6) is 2.51. The Morgan fingerprint density at radius 2 is 1.91 bits per heavy atom. The van der Waals surface area contributed by atoms with Gasteiger partial charge in [-0.3, -0.25) is 4.84 Å². The molecule has 9 nitrogen and oxygen atoms in total. The van der Waals surface area contributed by atoms with E-state index in [0.29, 0.717) is 54.7 Å². The zero-order valence-corrected chi connectivity index (χ0v) is 20.3. The molecular formula is C24H30BN5O4. The number of carbonyl (C=O) groups is 1. The SMILES string of the molecule is [B]c1cccc(CNc2nc(C)nc3cc(OCCCN(C)C(=O)N(C)OC)c(OC)cc23)c1. The third-order valence-electron chi connectivity index (χ3n) is 5.27. The first kappa shape index (κ1) is 25.1. The van der Waals surface area contributed by atoms with Crippen LogP contribution >= 0.6 is 0 Å². The number of nitrogens with zero attached hydrogens (tertiary/aromatic N) is 4. The quantitative estimate of drug-likeness (QED) is 0.281. The van der Waals surface area contributed by atoms with E-state index in [1.807, 2.05) is 43.3 Å². The maximum Gasteiger partial charge on any atom is 0.343 e. The third kappa shape index (κ3) is 6.29. The van der Waals surface area contributed by atoms with E-state index in [4.69, 9.17) is 22.2 Å². The minimum absolute atomic E-state index is 0.226. The summed E-state index contributed by atoms with van der Waals surface area (Å²) in [7, 11) is 12.2. The Balaban J connectivity index is 1.72. The van der Waals surface area contributed by atoms with Gasteiger partial charge < -0.3 is 19.7 Å². The average molecular weight is 463 g/mol. The van der Waals surface area contributed by atoms with Gasteiger partial charge in [-0.05, 0) is 25.0 Å². The highest BCUT2D eigenvalue weighted by Gasteiger charge is 2.15. The van der Waals surface area contributed by atoms with Crippen molar-refractivity contribution in [1.29, 1.82) is 0 Å². The van der Waals surface area contributed by atoms with Crippen molar-refractivity contribution in [1.82, 2.24) is 19.9 Å². The summed E-state index contributed by atoms with van der Waals surface area (Å²) in [5, 5.41) is 5.38. The van der Waals surface area contributed by atoms with E-state index in [0.717, 1.165) is 16.5 Å². The van der Waals surface area contributed by atoms with Crippen LogP contribution in [0.25, 0.3) is 10.9 Å². The largest absolute Gasteiger partial charge is 0.493 e. The van der Waals surface area contributed by atoms with Gasteiger partial charge in [-0.15, -0.1) is 0 Å². The number of fused-ring (bicyclic) bond motifs is 1. The summed E-state index contributed by atoms with van der Waals surface area (Å²) in [6, 6.07) is 11.2. The van der Waals surface area contributed by atoms with E-state index < -0.39 is 0 Å². The van der Waals surface area contributed by atoms with E-state index in [9.17, 15) is 4.79 Å². The molecule has 34 heavy (non-hydrogen) atoms. The number of amides is 2. The molecule has 1 N–H and O–H groups in total. The number of hydrogen-bond donors (Lipinski definition) is 1. The fourth-order valence-electron chi connectivity index (χ4n) is 3.45. The zero-order chi connectivity index (χ0) is 24.7. The molecule has 1 heterocycles. The lowest BCUT2D eigenvalue weighted by atomic mass is 9.94. The van der Waals surface area contributed by atoms with E-state index in [1.165, 1.54) is 12.2 Å². The Labute approximate surface area is 201 Å². The van der Waals surface area contributed by atoms with Gasteiger partial charge in [-0.25, -0.2) is 19.8 Å². The maximum atomic E-state index is 12.0. The van der Waals surface area contributed by atoms with Crippen LogP contribution in [-0.2, 0) is 11.4 Å². The molecule has 2 radical (unpaired) electrons. The Morgan fingerprint density at radius 3 is 2.62 bits per heavy atom. The first-order chi connectivity index (χ1) is 16.3. The number of hydroxylamine groups is 2. The van der Waals surface area contributed by atoms with Crippen LogP contribution in [0, 0.1) is 6.92 Å². The fourth-order valence-corrected chi connectivity index (χ4v) is 3.45. The summed E-state index contributed by atoms with van der Waals surface area (Å²) in [6.45, 7) is 3.34. The second-order valence-corrected chi connectivity index (χ2v) is 7.82. The topological polar surface area (TPSA) is 89.1 Å². The summed E-state index contributed by atoms with van der Waals surface area (Å²) < 4.78 is 11.5. The average Bonchev–Trinajstić information content (AvgIpc) is 2.83. The van der Waals surface area contributed by atoms with Gasteiger partial charge in [0.25, 0.3) is 0 Å². The molecule has 0 saturated carbocycles. The van der Waals surface area contributed by atoms with Crippen molar-refractivity contribution in [3.8, 4) is 11.5 Å². The van der Waals surface area contributed by atoms with Gasteiger partial charge in [-0.1, -0.05) is 29.7 Å². The van der Waals surface area contributed by atoms with Crippen LogP contribution in [0.5, 0.6) is 11.5 Å². The molecule has 2 amide bonds. The van der Waals surface area contributed by atoms with Crippen LogP contribution in [0.3, 0.4) is 0 Å². The van der Waals surface area contributed by atoms with Crippen molar-refractivity contribution in [2.45, 2.75) is 19.9 Å². The smallest absolute Gasteiger partial charge is 0.343 e. The van der Waals surface area contributed by atoms with Crippen LogP contribution in [0.2, 0.25) is 0 Å². The molecule has 0 unspecified atom stereocenters. The Bertz CT molecular complexity index is 1140. The third-order valence-corrected chi connectivity index (χ3v) is 5.27. The highest BCUT2D eigenvalue weighted by molar-refractivity contribution is 6.32. The van der Waals surface area contributed by atoms with Crippen LogP contribution in [0.15, 0.2) is 36.4 Å². The van der Waals surface area contributed by atoms with Crippen LogP contribution in [-0.4, -0.2) is 75.3 Å². The predicted molar refractivity (Wildman–Crippen MR) is 133 cm³/mol. The minimum atomic E-state index is -0.226. The van der Waals surface area contributed by atoms with E-state index in [-0.39, 0.29) is 6.03 Å².